The molecule has 0 bridgehead atoms. The van der Waals surface area contributed by atoms with E-state index in [9.17, 15) is 0 Å². The summed E-state index contributed by atoms with van der Waals surface area (Å²) in [5.74, 6) is 1.14. The summed E-state index contributed by atoms with van der Waals surface area (Å²) in [5, 5.41) is 3.82. The van der Waals surface area contributed by atoms with E-state index in [2.05, 4.69) is 66.2 Å². The summed E-state index contributed by atoms with van der Waals surface area (Å²) in [5.41, 5.74) is 5.82. The number of anilines is 1. The smallest absolute Gasteiger partial charge is 0.139 e. The van der Waals surface area contributed by atoms with Crippen molar-refractivity contribution in [2.45, 2.75) is 52.0 Å². The zero-order valence-corrected chi connectivity index (χ0v) is 14.5. The van der Waals surface area contributed by atoms with Gasteiger partial charge in [0, 0.05) is 17.8 Å². The SMILES string of the molecule is Cc1ccn2c(NC3CCCCC3)c(-c3ccccc3C)nc2c1. The normalized spacial score (nSPS) is 15.8. The number of fused-ring (bicyclic) bond motifs is 1. The minimum absolute atomic E-state index is 0.558. The standard InChI is InChI=1S/C21H25N3/c1-15-12-13-24-19(14-15)23-20(18-11-7-6-8-16(18)2)21(24)22-17-9-4-3-5-10-17/h6-8,11-14,17,22H,3-5,9-10H2,1-2H3. The number of aryl methyl sites for hydroxylation is 2. The van der Waals surface area contributed by atoms with Gasteiger partial charge in [0.2, 0.25) is 0 Å². The average Bonchev–Trinajstić information content (AvgIpc) is 2.93. The number of nitrogens with one attached hydrogen (secondary N) is 1. The van der Waals surface area contributed by atoms with Gasteiger partial charge < -0.3 is 5.32 Å². The lowest BCUT2D eigenvalue weighted by atomic mass is 9.95. The summed E-state index contributed by atoms with van der Waals surface area (Å²) in [4.78, 5) is 4.97. The van der Waals surface area contributed by atoms with Gasteiger partial charge in [0.1, 0.15) is 17.2 Å². The summed E-state index contributed by atoms with van der Waals surface area (Å²) in [6.07, 6.45) is 8.68. The van der Waals surface area contributed by atoms with Crippen LogP contribution in [0.15, 0.2) is 42.6 Å². The molecule has 0 unspecified atom stereocenters. The largest absolute Gasteiger partial charge is 0.367 e. The van der Waals surface area contributed by atoms with E-state index >= 15 is 0 Å². The molecule has 0 saturated heterocycles. The van der Waals surface area contributed by atoms with E-state index in [0.29, 0.717) is 6.04 Å². The molecule has 24 heavy (non-hydrogen) atoms. The van der Waals surface area contributed by atoms with Gasteiger partial charge in [0.05, 0.1) is 0 Å². The average molecular weight is 319 g/mol. The van der Waals surface area contributed by atoms with Crippen molar-refractivity contribution in [1.82, 2.24) is 9.38 Å². The van der Waals surface area contributed by atoms with Crippen molar-refractivity contribution in [3.05, 3.63) is 53.7 Å². The Hall–Kier alpha value is -2.29. The second kappa shape index (κ2) is 6.31. The number of benzene rings is 1. The summed E-state index contributed by atoms with van der Waals surface area (Å²) in [6, 6.07) is 13.4. The fraction of sp³-hybridized carbons (Fsp3) is 0.381. The fourth-order valence-corrected chi connectivity index (χ4v) is 3.75. The van der Waals surface area contributed by atoms with Crippen molar-refractivity contribution >= 4 is 11.5 Å². The molecule has 1 saturated carbocycles. The van der Waals surface area contributed by atoms with E-state index < -0.39 is 0 Å². The number of pyridine rings is 1. The van der Waals surface area contributed by atoms with E-state index in [1.54, 1.807) is 0 Å². The van der Waals surface area contributed by atoms with Gasteiger partial charge in [-0.1, -0.05) is 43.5 Å². The lowest BCUT2D eigenvalue weighted by Gasteiger charge is -2.24. The third kappa shape index (κ3) is 2.79. The molecule has 124 valence electrons. The van der Waals surface area contributed by atoms with Crippen molar-refractivity contribution < 1.29 is 0 Å². The molecule has 1 aliphatic carbocycles. The topological polar surface area (TPSA) is 29.3 Å². The van der Waals surface area contributed by atoms with Crippen molar-refractivity contribution in [1.29, 1.82) is 0 Å². The van der Waals surface area contributed by atoms with Crippen molar-refractivity contribution in [2.24, 2.45) is 0 Å². The lowest BCUT2D eigenvalue weighted by molar-refractivity contribution is 0.462. The quantitative estimate of drug-likeness (QED) is 0.704. The van der Waals surface area contributed by atoms with E-state index in [1.165, 1.54) is 48.8 Å². The van der Waals surface area contributed by atoms with Gasteiger partial charge in [-0.15, -0.1) is 0 Å². The molecule has 4 rings (SSSR count). The molecule has 3 heteroatoms. The Labute approximate surface area is 143 Å². The Kier molecular flexibility index (Phi) is 4.01. The first kappa shape index (κ1) is 15.3. The number of hydrogen-bond acceptors (Lipinski definition) is 2. The first-order chi connectivity index (χ1) is 11.7. The number of nitrogens with zero attached hydrogens (tertiary/aromatic N) is 2. The second-order valence-electron chi connectivity index (χ2n) is 7.04. The highest BCUT2D eigenvalue weighted by Crippen LogP contribution is 2.33. The van der Waals surface area contributed by atoms with Crippen LogP contribution in [0.2, 0.25) is 0 Å². The van der Waals surface area contributed by atoms with E-state index in [4.69, 9.17) is 4.98 Å². The van der Waals surface area contributed by atoms with E-state index in [0.717, 1.165) is 17.2 Å². The summed E-state index contributed by atoms with van der Waals surface area (Å²) >= 11 is 0. The van der Waals surface area contributed by atoms with Crippen LogP contribution in [-0.4, -0.2) is 15.4 Å². The number of aromatic nitrogens is 2. The van der Waals surface area contributed by atoms with Crippen LogP contribution < -0.4 is 5.32 Å². The Morgan fingerprint density at radius 1 is 1.04 bits per heavy atom. The van der Waals surface area contributed by atoms with Gasteiger partial charge in [-0.3, -0.25) is 4.40 Å². The molecule has 2 heterocycles. The van der Waals surface area contributed by atoms with Gasteiger partial charge >= 0.3 is 0 Å². The zero-order chi connectivity index (χ0) is 16.5. The maximum absolute atomic E-state index is 4.97. The molecule has 0 spiro atoms. The van der Waals surface area contributed by atoms with Crippen molar-refractivity contribution in [3.8, 4) is 11.3 Å². The molecule has 3 nitrogen and oxygen atoms in total. The van der Waals surface area contributed by atoms with E-state index in [-0.39, 0.29) is 0 Å². The molecule has 1 fully saturated rings. The first-order valence-corrected chi connectivity index (χ1v) is 9.03. The van der Waals surface area contributed by atoms with Crippen molar-refractivity contribution in [2.75, 3.05) is 5.32 Å². The predicted octanol–water partition coefficient (Wildman–Crippen LogP) is 5.36. The highest BCUT2D eigenvalue weighted by molar-refractivity contribution is 5.78. The molecule has 3 aromatic rings. The Balaban J connectivity index is 1.85. The second-order valence-corrected chi connectivity index (χ2v) is 7.04. The Bertz CT molecular complexity index is 857. The minimum atomic E-state index is 0.558. The van der Waals surface area contributed by atoms with Crippen LogP contribution in [-0.2, 0) is 0 Å². The molecular weight excluding hydrogens is 294 g/mol. The maximum Gasteiger partial charge on any atom is 0.139 e. The van der Waals surface area contributed by atoms with Crippen LogP contribution >= 0.6 is 0 Å². The van der Waals surface area contributed by atoms with Crippen LogP contribution in [0.4, 0.5) is 5.82 Å². The van der Waals surface area contributed by atoms with Gasteiger partial charge in [-0.2, -0.15) is 0 Å². The van der Waals surface area contributed by atoms with Crippen LogP contribution in [0.1, 0.15) is 43.2 Å². The van der Waals surface area contributed by atoms with Gasteiger partial charge in [-0.05, 0) is 49.9 Å². The molecule has 1 aliphatic rings. The summed E-state index contributed by atoms with van der Waals surface area (Å²) < 4.78 is 2.21. The Morgan fingerprint density at radius 3 is 2.62 bits per heavy atom. The van der Waals surface area contributed by atoms with Crippen LogP contribution in [0.5, 0.6) is 0 Å². The summed E-state index contributed by atoms with van der Waals surface area (Å²) in [6.45, 7) is 4.28. The lowest BCUT2D eigenvalue weighted by Crippen LogP contribution is -2.23. The maximum atomic E-state index is 4.97. The molecule has 0 amide bonds. The van der Waals surface area contributed by atoms with Crippen LogP contribution in [0, 0.1) is 13.8 Å². The zero-order valence-electron chi connectivity index (χ0n) is 14.5. The van der Waals surface area contributed by atoms with Gasteiger partial charge in [0.25, 0.3) is 0 Å². The fourth-order valence-electron chi connectivity index (χ4n) is 3.75. The highest BCUT2D eigenvalue weighted by atomic mass is 15.1. The Morgan fingerprint density at radius 2 is 1.83 bits per heavy atom. The minimum Gasteiger partial charge on any atom is -0.367 e. The third-order valence-corrected chi connectivity index (χ3v) is 5.13. The van der Waals surface area contributed by atoms with Crippen molar-refractivity contribution in [3.63, 3.8) is 0 Å². The predicted molar refractivity (Wildman–Crippen MR) is 101 cm³/mol. The van der Waals surface area contributed by atoms with Gasteiger partial charge in [0.15, 0.2) is 0 Å². The molecule has 0 radical (unpaired) electrons. The third-order valence-electron chi connectivity index (χ3n) is 5.13. The van der Waals surface area contributed by atoms with Crippen LogP contribution in [0.25, 0.3) is 16.9 Å². The number of rotatable bonds is 3. The number of hydrogen-bond donors (Lipinski definition) is 1. The monoisotopic (exact) mass is 319 g/mol. The molecular formula is C21H25N3. The molecule has 2 aromatic heterocycles. The molecule has 1 N–H and O–H groups in total. The molecule has 0 aliphatic heterocycles. The number of imidazole rings is 1. The van der Waals surface area contributed by atoms with Crippen LogP contribution in [0.3, 0.4) is 0 Å². The first-order valence-electron chi connectivity index (χ1n) is 9.03. The molecule has 0 atom stereocenters. The highest BCUT2D eigenvalue weighted by Gasteiger charge is 2.20. The summed E-state index contributed by atoms with van der Waals surface area (Å²) in [7, 11) is 0. The van der Waals surface area contributed by atoms with Gasteiger partial charge in [-0.25, -0.2) is 4.98 Å². The molecule has 1 aromatic carbocycles. The van der Waals surface area contributed by atoms with E-state index in [1.807, 2.05) is 0 Å².